The van der Waals surface area contributed by atoms with Crippen molar-refractivity contribution in [1.29, 1.82) is 0 Å². The minimum absolute atomic E-state index is 0.00722. The Morgan fingerprint density at radius 2 is 2.20 bits per heavy atom. The van der Waals surface area contributed by atoms with E-state index in [1.807, 2.05) is 0 Å². The van der Waals surface area contributed by atoms with Gasteiger partial charge in [0, 0.05) is 24.7 Å². The molecule has 0 aliphatic heterocycles. The van der Waals surface area contributed by atoms with Gasteiger partial charge in [0.05, 0.1) is 4.92 Å². The van der Waals surface area contributed by atoms with Crippen molar-refractivity contribution in [3.63, 3.8) is 0 Å². The summed E-state index contributed by atoms with van der Waals surface area (Å²) in [6.07, 6.45) is 6.89. The Kier molecular flexibility index (Phi) is 4.34. The summed E-state index contributed by atoms with van der Waals surface area (Å²) < 4.78 is 0. The van der Waals surface area contributed by atoms with Crippen LogP contribution in [0.3, 0.4) is 0 Å². The molecule has 1 aromatic carbocycles. The lowest BCUT2D eigenvalue weighted by Gasteiger charge is -2.20. The minimum Gasteiger partial charge on any atom is -0.376 e. The number of nitrogens with one attached hydrogen (secondary N) is 2. The van der Waals surface area contributed by atoms with E-state index >= 15 is 0 Å². The van der Waals surface area contributed by atoms with Gasteiger partial charge in [0.15, 0.2) is 0 Å². The average molecular weight is 275 g/mol. The first-order valence-electron chi connectivity index (χ1n) is 6.54. The van der Waals surface area contributed by atoms with Crippen LogP contribution in [0.15, 0.2) is 30.4 Å². The van der Waals surface area contributed by atoms with Gasteiger partial charge in [-0.05, 0) is 31.4 Å². The van der Waals surface area contributed by atoms with Crippen molar-refractivity contribution in [1.82, 2.24) is 5.32 Å². The summed E-state index contributed by atoms with van der Waals surface area (Å²) in [4.78, 5) is 22.2. The maximum absolute atomic E-state index is 11.6. The number of amides is 1. The van der Waals surface area contributed by atoms with Crippen LogP contribution in [-0.2, 0) is 0 Å². The van der Waals surface area contributed by atoms with E-state index in [1.54, 1.807) is 0 Å². The SMILES string of the molecule is CNC(=O)c1ccc([N+](=O)[O-])c(NC2CC=CCC2)c1. The molecular weight excluding hydrogens is 258 g/mol. The van der Waals surface area contributed by atoms with Gasteiger partial charge in [-0.25, -0.2) is 0 Å². The average Bonchev–Trinajstić information content (AvgIpc) is 2.47. The van der Waals surface area contributed by atoms with E-state index in [0.29, 0.717) is 11.3 Å². The Morgan fingerprint density at radius 1 is 1.40 bits per heavy atom. The van der Waals surface area contributed by atoms with E-state index in [2.05, 4.69) is 22.8 Å². The normalized spacial score (nSPS) is 17.6. The van der Waals surface area contributed by atoms with Gasteiger partial charge in [0.1, 0.15) is 5.69 Å². The molecule has 2 N–H and O–H groups in total. The van der Waals surface area contributed by atoms with Crippen LogP contribution >= 0.6 is 0 Å². The molecule has 1 aliphatic rings. The Hall–Kier alpha value is -2.37. The molecule has 6 heteroatoms. The number of carbonyl (C=O) groups excluding carboxylic acids is 1. The molecule has 0 radical (unpaired) electrons. The Labute approximate surface area is 117 Å². The Balaban J connectivity index is 2.28. The smallest absolute Gasteiger partial charge is 0.292 e. The van der Waals surface area contributed by atoms with Crippen molar-refractivity contribution in [2.75, 3.05) is 12.4 Å². The molecule has 1 aliphatic carbocycles. The quantitative estimate of drug-likeness (QED) is 0.502. The number of carbonyl (C=O) groups is 1. The molecule has 1 unspecified atom stereocenters. The van der Waals surface area contributed by atoms with Crippen LogP contribution in [0, 0.1) is 10.1 Å². The fourth-order valence-corrected chi connectivity index (χ4v) is 2.24. The number of hydrogen-bond donors (Lipinski definition) is 2. The van der Waals surface area contributed by atoms with E-state index < -0.39 is 4.92 Å². The predicted molar refractivity (Wildman–Crippen MR) is 76.9 cm³/mol. The lowest BCUT2D eigenvalue weighted by atomic mass is 10.0. The fourth-order valence-electron chi connectivity index (χ4n) is 2.24. The van der Waals surface area contributed by atoms with Crippen molar-refractivity contribution >= 4 is 17.3 Å². The molecule has 6 nitrogen and oxygen atoms in total. The molecule has 1 amide bonds. The first-order chi connectivity index (χ1) is 9.61. The summed E-state index contributed by atoms with van der Waals surface area (Å²) in [6, 6.07) is 4.53. The number of benzene rings is 1. The molecule has 0 saturated heterocycles. The topological polar surface area (TPSA) is 84.3 Å². The van der Waals surface area contributed by atoms with Gasteiger partial charge in [-0.15, -0.1) is 0 Å². The summed E-state index contributed by atoms with van der Waals surface area (Å²) in [6.45, 7) is 0. The lowest BCUT2D eigenvalue weighted by Crippen LogP contribution is -2.22. The maximum Gasteiger partial charge on any atom is 0.292 e. The number of nitrogens with zero attached hydrogens (tertiary/aromatic N) is 1. The van der Waals surface area contributed by atoms with Gasteiger partial charge in [0.2, 0.25) is 0 Å². The van der Waals surface area contributed by atoms with Crippen LogP contribution in [0.5, 0.6) is 0 Å². The molecule has 0 spiro atoms. The third-order valence-electron chi connectivity index (χ3n) is 3.31. The van der Waals surface area contributed by atoms with Crippen LogP contribution in [0.1, 0.15) is 29.6 Å². The molecule has 1 aromatic rings. The van der Waals surface area contributed by atoms with Gasteiger partial charge < -0.3 is 10.6 Å². The van der Waals surface area contributed by atoms with E-state index in [4.69, 9.17) is 0 Å². The van der Waals surface area contributed by atoms with Crippen molar-refractivity contribution in [3.05, 3.63) is 46.0 Å². The van der Waals surface area contributed by atoms with Crippen molar-refractivity contribution in [3.8, 4) is 0 Å². The van der Waals surface area contributed by atoms with Crippen molar-refractivity contribution in [2.45, 2.75) is 25.3 Å². The monoisotopic (exact) mass is 275 g/mol. The second-order valence-electron chi connectivity index (χ2n) is 4.69. The van der Waals surface area contributed by atoms with Crippen LogP contribution in [0.25, 0.3) is 0 Å². The molecule has 20 heavy (non-hydrogen) atoms. The second-order valence-corrected chi connectivity index (χ2v) is 4.69. The summed E-state index contributed by atoms with van der Waals surface area (Å²) in [5, 5.41) is 16.8. The van der Waals surface area contributed by atoms with Gasteiger partial charge in [0.25, 0.3) is 11.6 Å². The van der Waals surface area contributed by atoms with Crippen molar-refractivity contribution in [2.24, 2.45) is 0 Å². The molecule has 0 aromatic heterocycles. The molecule has 0 saturated carbocycles. The molecule has 0 heterocycles. The summed E-state index contributed by atoms with van der Waals surface area (Å²) in [5.41, 5.74) is 0.801. The molecule has 106 valence electrons. The molecule has 1 atom stereocenters. The maximum atomic E-state index is 11.6. The zero-order valence-corrected chi connectivity index (χ0v) is 11.3. The number of rotatable bonds is 4. The highest BCUT2D eigenvalue weighted by molar-refractivity contribution is 5.95. The minimum atomic E-state index is -0.436. The van der Waals surface area contributed by atoms with Crippen molar-refractivity contribution < 1.29 is 9.72 Å². The van der Waals surface area contributed by atoms with Gasteiger partial charge in [-0.3, -0.25) is 14.9 Å². The molecule has 0 bridgehead atoms. The highest BCUT2D eigenvalue weighted by Gasteiger charge is 2.19. The Morgan fingerprint density at radius 3 is 2.80 bits per heavy atom. The first kappa shape index (κ1) is 14.0. The lowest BCUT2D eigenvalue weighted by molar-refractivity contribution is -0.384. The van der Waals surface area contributed by atoms with Crippen LogP contribution in [0.4, 0.5) is 11.4 Å². The van der Waals surface area contributed by atoms with Gasteiger partial charge >= 0.3 is 0 Å². The third kappa shape index (κ3) is 3.14. The number of anilines is 1. The fraction of sp³-hybridized carbons (Fsp3) is 0.357. The van der Waals surface area contributed by atoms with Crippen LogP contribution in [0.2, 0.25) is 0 Å². The highest BCUT2D eigenvalue weighted by Crippen LogP contribution is 2.28. The highest BCUT2D eigenvalue weighted by atomic mass is 16.6. The zero-order chi connectivity index (χ0) is 14.5. The number of nitro groups is 1. The first-order valence-corrected chi connectivity index (χ1v) is 6.54. The molecule has 0 fully saturated rings. The van der Waals surface area contributed by atoms with E-state index in [9.17, 15) is 14.9 Å². The summed E-state index contributed by atoms with van der Waals surface area (Å²) >= 11 is 0. The largest absolute Gasteiger partial charge is 0.376 e. The van der Waals surface area contributed by atoms with E-state index in [-0.39, 0.29) is 17.6 Å². The third-order valence-corrected chi connectivity index (χ3v) is 3.31. The molecule has 2 rings (SSSR count). The van der Waals surface area contributed by atoms with Crippen LogP contribution < -0.4 is 10.6 Å². The van der Waals surface area contributed by atoms with E-state index in [0.717, 1.165) is 19.3 Å². The zero-order valence-electron chi connectivity index (χ0n) is 11.3. The number of allylic oxidation sites excluding steroid dienone is 1. The standard InChI is InChI=1S/C14H17N3O3/c1-15-14(18)10-7-8-13(17(19)20)12(9-10)16-11-5-3-2-4-6-11/h2-3,7-9,11,16H,4-6H2,1H3,(H,15,18). The number of hydrogen-bond acceptors (Lipinski definition) is 4. The van der Waals surface area contributed by atoms with E-state index in [1.165, 1.54) is 25.2 Å². The summed E-state index contributed by atoms with van der Waals surface area (Å²) in [5.74, 6) is -0.258. The van der Waals surface area contributed by atoms with Gasteiger partial charge in [-0.1, -0.05) is 12.2 Å². The number of nitro benzene ring substituents is 1. The summed E-state index contributed by atoms with van der Waals surface area (Å²) in [7, 11) is 1.53. The molecular formula is C14H17N3O3. The van der Waals surface area contributed by atoms with Gasteiger partial charge in [-0.2, -0.15) is 0 Å². The Bertz CT molecular complexity index is 555. The van der Waals surface area contributed by atoms with Crippen LogP contribution in [-0.4, -0.2) is 23.9 Å². The predicted octanol–water partition coefficient (Wildman–Crippen LogP) is 2.48. The second kappa shape index (κ2) is 6.18.